The SMILES string of the molecule is CCCCCCCCc1cccc([O-])c1C(=O)O.[Na+]. The number of carboxylic acid groups (broad SMARTS) is 1. The number of hydrogen-bond acceptors (Lipinski definition) is 2. The first kappa shape index (κ1) is 18.5. The summed E-state index contributed by atoms with van der Waals surface area (Å²) in [4.78, 5) is 11.0. The van der Waals surface area contributed by atoms with Crippen LogP contribution in [-0.2, 0) is 6.42 Å². The van der Waals surface area contributed by atoms with Gasteiger partial charge in [0.1, 0.15) is 0 Å². The molecule has 0 saturated heterocycles. The molecule has 3 nitrogen and oxygen atoms in total. The molecule has 4 heteroatoms. The van der Waals surface area contributed by atoms with Crippen molar-refractivity contribution in [3.63, 3.8) is 0 Å². The van der Waals surface area contributed by atoms with Gasteiger partial charge in [-0.15, -0.1) is 0 Å². The van der Waals surface area contributed by atoms with E-state index in [1.807, 2.05) is 0 Å². The first-order valence-corrected chi connectivity index (χ1v) is 6.69. The summed E-state index contributed by atoms with van der Waals surface area (Å²) in [5.74, 6) is -1.49. The molecule has 1 N–H and O–H groups in total. The quantitative estimate of drug-likeness (QED) is 0.549. The van der Waals surface area contributed by atoms with E-state index in [0.29, 0.717) is 12.0 Å². The van der Waals surface area contributed by atoms with Crippen molar-refractivity contribution in [2.24, 2.45) is 0 Å². The average molecular weight is 272 g/mol. The van der Waals surface area contributed by atoms with Gasteiger partial charge in [-0.2, -0.15) is 0 Å². The van der Waals surface area contributed by atoms with Gasteiger partial charge in [-0.05, 0) is 18.4 Å². The van der Waals surface area contributed by atoms with Gasteiger partial charge in [0, 0.05) is 0 Å². The average Bonchev–Trinajstić information content (AvgIpc) is 2.33. The molecule has 0 spiro atoms. The third kappa shape index (κ3) is 6.46. The van der Waals surface area contributed by atoms with Gasteiger partial charge in [-0.3, -0.25) is 0 Å². The van der Waals surface area contributed by atoms with Crippen molar-refractivity contribution >= 4 is 5.97 Å². The van der Waals surface area contributed by atoms with E-state index in [9.17, 15) is 9.90 Å². The summed E-state index contributed by atoms with van der Waals surface area (Å²) >= 11 is 0. The number of hydrogen-bond donors (Lipinski definition) is 1. The number of carbonyl (C=O) groups is 1. The van der Waals surface area contributed by atoms with Crippen LogP contribution in [0, 0.1) is 0 Å². The maximum atomic E-state index is 11.5. The molecule has 0 atom stereocenters. The zero-order valence-corrected chi connectivity index (χ0v) is 13.9. The molecule has 0 fully saturated rings. The standard InChI is InChI=1S/C15H22O3.Na/c1-2-3-4-5-6-7-9-12-10-8-11-13(16)14(12)15(17)18;/h8,10-11,16H,2-7,9H2,1H3,(H,17,18);/q;+1/p-1. The Bertz CT molecular complexity index is 391. The van der Waals surface area contributed by atoms with Crippen molar-refractivity contribution in [2.75, 3.05) is 0 Å². The number of rotatable bonds is 8. The summed E-state index contributed by atoms with van der Waals surface area (Å²) in [7, 11) is 0. The first-order chi connectivity index (χ1) is 8.66. The number of unbranched alkanes of at least 4 members (excludes halogenated alkanes) is 5. The van der Waals surface area contributed by atoms with Crippen LogP contribution in [0.4, 0.5) is 0 Å². The molecule has 0 amide bonds. The van der Waals surface area contributed by atoms with Crippen molar-refractivity contribution in [3.05, 3.63) is 29.3 Å². The molecule has 0 heterocycles. The Morgan fingerprint density at radius 3 is 2.42 bits per heavy atom. The van der Waals surface area contributed by atoms with Crippen molar-refractivity contribution in [1.29, 1.82) is 0 Å². The molecule has 0 unspecified atom stereocenters. The van der Waals surface area contributed by atoms with Crippen LogP contribution in [0.2, 0.25) is 0 Å². The number of carboxylic acids is 1. The maximum absolute atomic E-state index is 11.5. The second-order valence-electron chi connectivity index (χ2n) is 4.61. The fraction of sp³-hybridized carbons (Fsp3) is 0.533. The molecule has 0 bridgehead atoms. The number of aryl methyl sites for hydroxylation is 1. The zero-order chi connectivity index (χ0) is 13.4. The Labute approximate surface area is 137 Å². The summed E-state index contributed by atoms with van der Waals surface area (Å²) < 4.78 is 0. The van der Waals surface area contributed by atoms with E-state index in [1.54, 1.807) is 12.1 Å². The number of benzene rings is 1. The largest absolute Gasteiger partial charge is 1.00 e. The van der Waals surface area contributed by atoms with Gasteiger partial charge in [-0.25, -0.2) is 4.79 Å². The monoisotopic (exact) mass is 272 g/mol. The summed E-state index contributed by atoms with van der Waals surface area (Å²) in [6.45, 7) is 2.18. The van der Waals surface area contributed by atoms with E-state index in [-0.39, 0.29) is 40.9 Å². The molecular formula is C15H21NaO3. The summed E-state index contributed by atoms with van der Waals surface area (Å²) in [5, 5.41) is 20.5. The summed E-state index contributed by atoms with van der Waals surface area (Å²) in [6, 6.07) is 4.70. The van der Waals surface area contributed by atoms with Gasteiger partial charge in [0.15, 0.2) is 0 Å². The third-order valence-electron chi connectivity index (χ3n) is 3.13. The van der Waals surface area contributed by atoms with Crippen LogP contribution < -0.4 is 34.7 Å². The van der Waals surface area contributed by atoms with Gasteiger partial charge in [-0.1, -0.05) is 63.0 Å². The van der Waals surface area contributed by atoms with Gasteiger partial charge in [0.05, 0.1) is 5.56 Å². The van der Waals surface area contributed by atoms with Crippen LogP contribution in [0.5, 0.6) is 5.75 Å². The van der Waals surface area contributed by atoms with Crippen molar-refractivity contribution < 1.29 is 44.6 Å². The summed E-state index contributed by atoms with van der Waals surface area (Å²) in [6.07, 6.45) is 7.65. The van der Waals surface area contributed by atoms with Gasteiger partial charge < -0.3 is 10.2 Å². The molecule has 1 rings (SSSR count). The molecule has 0 saturated carbocycles. The Kier molecular flexibility index (Phi) is 10.0. The van der Waals surface area contributed by atoms with Gasteiger partial charge in [0.25, 0.3) is 0 Å². The molecular weight excluding hydrogens is 251 g/mol. The molecule has 0 aliphatic rings. The molecule has 1 aromatic rings. The van der Waals surface area contributed by atoms with Crippen LogP contribution in [0.15, 0.2) is 18.2 Å². The fourth-order valence-electron chi connectivity index (χ4n) is 2.12. The molecule has 0 aromatic heterocycles. The van der Waals surface area contributed by atoms with E-state index in [2.05, 4.69) is 6.92 Å². The minimum atomic E-state index is -1.11. The van der Waals surface area contributed by atoms with Crippen LogP contribution in [0.3, 0.4) is 0 Å². The van der Waals surface area contributed by atoms with Crippen molar-refractivity contribution in [3.8, 4) is 5.75 Å². The molecule has 0 radical (unpaired) electrons. The van der Waals surface area contributed by atoms with E-state index in [1.165, 1.54) is 31.7 Å². The van der Waals surface area contributed by atoms with Crippen LogP contribution >= 0.6 is 0 Å². The Morgan fingerprint density at radius 1 is 1.16 bits per heavy atom. The summed E-state index contributed by atoms with van der Waals surface area (Å²) in [5.41, 5.74) is 0.622. The van der Waals surface area contributed by atoms with Crippen LogP contribution in [-0.4, -0.2) is 11.1 Å². The Hall–Kier alpha value is -0.510. The van der Waals surface area contributed by atoms with E-state index in [0.717, 1.165) is 12.8 Å². The van der Waals surface area contributed by atoms with E-state index in [4.69, 9.17) is 5.11 Å². The van der Waals surface area contributed by atoms with Crippen molar-refractivity contribution in [1.82, 2.24) is 0 Å². The second kappa shape index (κ2) is 10.3. The predicted octanol–water partition coefficient (Wildman–Crippen LogP) is 0.365. The van der Waals surface area contributed by atoms with Crippen LogP contribution in [0.25, 0.3) is 0 Å². The molecule has 0 aliphatic carbocycles. The molecule has 1 aromatic carbocycles. The Morgan fingerprint density at radius 2 is 1.79 bits per heavy atom. The smallest absolute Gasteiger partial charge is 0.872 e. The molecule has 100 valence electrons. The van der Waals surface area contributed by atoms with Crippen LogP contribution in [0.1, 0.15) is 61.4 Å². The second-order valence-corrected chi connectivity index (χ2v) is 4.61. The Balaban J connectivity index is 0.00000324. The third-order valence-corrected chi connectivity index (χ3v) is 3.13. The predicted molar refractivity (Wildman–Crippen MR) is 69.9 cm³/mol. The zero-order valence-electron chi connectivity index (χ0n) is 11.9. The normalized spacial score (nSPS) is 9.95. The van der Waals surface area contributed by atoms with E-state index >= 15 is 0 Å². The molecule has 0 aliphatic heterocycles. The molecule has 19 heavy (non-hydrogen) atoms. The minimum absolute atomic E-state index is 0. The number of aromatic carboxylic acids is 1. The minimum Gasteiger partial charge on any atom is -0.872 e. The maximum Gasteiger partial charge on any atom is 1.00 e. The fourth-order valence-corrected chi connectivity index (χ4v) is 2.12. The van der Waals surface area contributed by atoms with E-state index < -0.39 is 5.97 Å². The van der Waals surface area contributed by atoms with Gasteiger partial charge >= 0.3 is 35.5 Å². The first-order valence-electron chi connectivity index (χ1n) is 6.69. The van der Waals surface area contributed by atoms with Crippen molar-refractivity contribution in [2.45, 2.75) is 51.9 Å². The van der Waals surface area contributed by atoms with Gasteiger partial charge in [0.2, 0.25) is 0 Å². The topological polar surface area (TPSA) is 60.4 Å².